The lowest BCUT2D eigenvalue weighted by atomic mass is 10.1. The summed E-state index contributed by atoms with van der Waals surface area (Å²) in [4.78, 5) is 41.2. The van der Waals surface area contributed by atoms with Crippen LogP contribution in [0.1, 0.15) is 22.6 Å². The third-order valence-electron chi connectivity index (χ3n) is 4.34. The zero-order valence-electron chi connectivity index (χ0n) is 15.7. The average Bonchev–Trinajstić information content (AvgIpc) is 3.15. The van der Waals surface area contributed by atoms with Gasteiger partial charge in [-0.3, -0.25) is 24.8 Å². The number of anilines is 2. The number of amides is 3. The highest BCUT2D eigenvalue weighted by atomic mass is 16.5. The van der Waals surface area contributed by atoms with Crippen LogP contribution in [0.2, 0.25) is 0 Å². The Morgan fingerprint density at radius 1 is 1.07 bits per heavy atom. The normalized spacial score (nSPS) is 15.4. The van der Waals surface area contributed by atoms with Gasteiger partial charge in [-0.1, -0.05) is 30.3 Å². The molecular weight excluding hydrogens is 388 g/mol. The van der Waals surface area contributed by atoms with Gasteiger partial charge in [-0.05, 0) is 24.3 Å². The van der Waals surface area contributed by atoms with Crippen LogP contribution in [0.25, 0.3) is 0 Å². The number of aromatic nitrogens is 3. The van der Waals surface area contributed by atoms with Crippen molar-refractivity contribution in [1.29, 1.82) is 0 Å². The molecule has 2 heterocycles. The van der Waals surface area contributed by atoms with E-state index in [0.29, 0.717) is 22.8 Å². The van der Waals surface area contributed by atoms with E-state index in [1.54, 1.807) is 24.3 Å². The molecule has 4 rings (SSSR count). The van der Waals surface area contributed by atoms with E-state index in [-0.39, 0.29) is 19.0 Å². The first kappa shape index (κ1) is 19.1. The molecule has 0 fully saturated rings. The fourth-order valence-corrected chi connectivity index (χ4v) is 2.90. The number of carbonyl (C=O) groups excluding carboxylic acids is 3. The number of para-hydroxylation sites is 2. The summed E-state index contributed by atoms with van der Waals surface area (Å²) in [6.45, 7) is 0.145. The second-order valence-electron chi connectivity index (χ2n) is 6.52. The van der Waals surface area contributed by atoms with Gasteiger partial charge < -0.3 is 15.4 Å². The summed E-state index contributed by atoms with van der Waals surface area (Å²) in [5.74, 6) is -0.276. The van der Waals surface area contributed by atoms with Crippen molar-refractivity contribution < 1.29 is 19.1 Å². The minimum absolute atomic E-state index is 0.0512. The molecule has 0 radical (unpaired) electrons. The summed E-state index contributed by atoms with van der Waals surface area (Å²) in [6.07, 6.45) is -0.268. The van der Waals surface area contributed by atoms with E-state index in [2.05, 4.69) is 31.1 Å². The molecule has 30 heavy (non-hydrogen) atoms. The van der Waals surface area contributed by atoms with Crippen LogP contribution in [0.3, 0.4) is 0 Å². The first-order valence-electron chi connectivity index (χ1n) is 9.18. The Morgan fingerprint density at radius 3 is 2.67 bits per heavy atom. The van der Waals surface area contributed by atoms with Crippen molar-refractivity contribution in [3.05, 3.63) is 66.0 Å². The maximum atomic E-state index is 12.4. The van der Waals surface area contributed by atoms with E-state index >= 15 is 0 Å². The Hall–Kier alpha value is -4.21. The molecule has 3 aromatic rings. The van der Waals surface area contributed by atoms with Crippen LogP contribution >= 0.6 is 0 Å². The van der Waals surface area contributed by atoms with Crippen LogP contribution in [0.5, 0.6) is 5.75 Å². The summed E-state index contributed by atoms with van der Waals surface area (Å²) in [5.41, 5.74) is 0.741. The molecule has 1 aromatic heterocycles. The Labute approximate surface area is 171 Å². The van der Waals surface area contributed by atoms with Crippen molar-refractivity contribution in [3.63, 3.8) is 0 Å². The van der Waals surface area contributed by atoms with Crippen molar-refractivity contribution in [1.82, 2.24) is 20.5 Å². The Morgan fingerprint density at radius 2 is 1.83 bits per heavy atom. The van der Waals surface area contributed by atoms with E-state index in [4.69, 9.17) is 4.74 Å². The number of nitrogens with one attached hydrogen (secondary N) is 4. The maximum absolute atomic E-state index is 12.4. The first-order chi connectivity index (χ1) is 14.6. The highest BCUT2D eigenvalue weighted by Gasteiger charge is 2.29. The summed E-state index contributed by atoms with van der Waals surface area (Å²) >= 11 is 0. The summed E-state index contributed by atoms with van der Waals surface area (Å²) in [5, 5.41) is 14.3. The molecule has 0 saturated heterocycles. The van der Waals surface area contributed by atoms with Crippen LogP contribution < -0.4 is 20.7 Å². The van der Waals surface area contributed by atoms with Gasteiger partial charge in [0, 0.05) is 0 Å². The molecule has 1 aliphatic rings. The van der Waals surface area contributed by atoms with Crippen LogP contribution in [-0.4, -0.2) is 38.9 Å². The first-order valence-corrected chi connectivity index (χ1v) is 9.18. The lowest BCUT2D eigenvalue weighted by Crippen LogP contribution is -2.43. The second kappa shape index (κ2) is 8.43. The third-order valence-corrected chi connectivity index (χ3v) is 4.34. The van der Waals surface area contributed by atoms with Gasteiger partial charge in [0.25, 0.3) is 5.91 Å². The minimum atomic E-state index is -1.02. The molecule has 10 heteroatoms. The van der Waals surface area contributed by atoms with Crippen LogP contribution in [0.4, 0.5) is 11.6 Å². The van der Waals surface area contributed by atoms with Crippen molar-refractivity contribution in [2.75, 3.05) is 10.6 Å². The number of hydrogen-bond acceptors (Lipinski definition) is 6. The quantitative estimate of drug-likeness (QED) is 0.489. The van der Waals surface area contributed by atoms with Gasteiger partial charge in [0.05, 0.1) is 17.7 Å². The van der Waals surface area contributed by atoms with Gasteiger partial charge in [0.15, 0.2) is 5.82 Å². The standard InChI is InChI=1S/C20H18N6O4/c27-17(10-15-19(29)21-14-9-5-4-8-13(14)18(28)22-15)24-20-23-16(25-26-20)11-30-12-6-2-1-3-7-12/h1-9,15H,10-11H2,(H,21,29)(H,22,28)(H2,23,24,25,26,27)/t15-/m0/s1. The minimum Gasteiger partial charge on any atom is -0.486 e. The summed E-state index contributed by atoms with van der Waals surface area (Å²) < 4.78 is 5.56. The SMILES string of the molecule is O=C(C[C@@H]1NC(=O)c2ccccc2NC1=O)Nc1n[nH]c(COc2ccccc2)n1. The van der Waals surface area contributed by atoms with E-state index in [9.17, 15) is 14.4 Å². The van der Waals surface area contributed by atoms with Crippen molar-refractivity contribution in [3.8, 4) is 5.75 Å². The summed E-state index contributed by atoms with van der Waals surface area (Å²) in [6, 6.07) is 14.8. The van der Waals surface area contributed by atoms with Crippen molar-refractivity contribution in [2.45, 2.75) is 19.1 Å². The second-order valence-corrected chi connectivity index (χ2v) is 6.52. The van der Waals surface area contributed by atoms with Gasteiger partial charge in [-0.25, -0.2) is 0 Å². The third kappa shape index (κ3) is 4.43. The van der Waals surface area contributed by atoms with Gasteiger partial charge in [-0.15, -0.1) is 5.10 Å². The molecule has 0 aliphatic carbocycles. The lowest BCUT2D eigenvalue weighted by molar-refractivity contribution is -0.122. The Kier molecular flexibility index (Phi) is 5.37. The zero-order chi connectivity index (χ0) is 20.9. The van der Waals surface area contributed by atoms with Gasteiger partial charge in [0.1, 0.15) is 18.4 Å². The Bertz CT molecular complexity index is 1080. The monoisotopic (exact) mass is 406 g/mol. The predicted octanol–water partition coefficient (Wildman–Crippen LogP) is 1.46. The van der Waals surface area contributed by atoms with Gasteiger partial charge in [0.2, 0.25) is 17.8 Å². The Balaban J connectivity index is 1.33. The molecule has 1 atom stereocenters. The molecule has 4 N–H and O–H groups in total. The molecule has 152 valence electrons. The van der Waals surface area contributed by atoms with Crippen molar-refractivity contribution in [2.24, 2.45) is 0 Å². The molecule has 3 amide bonds. The number of aromatic amines is 1. The molecule has 0 unspecified atom stereocenters. The molecule has 10 nitrogen and oxygen atoms in total. The number of H-pyrrole nitrogens is 1. The molecule has 1 aliphatic heterocycles. The maximum Gasteiger partial charge on any atom is 0.254 e. The van der Waals surface area contributed by atoms with Gasteiger partial charge in [-0.2, -0.15) is 4.98 Å². The largest absolute Gasteiger partial charge is 0.486 e. The molecule has 0 saturated carbocycles. The molecule has 2 aromatic carbocycles. The van der Waals surface area contributed by atoms with E-state index in [0.717, 1.165) is 0 Å². The van der Waals surface area contributed by atoms with Crippen LogP contribution in [-0.2, 0) is 16.2 Å². The topological polar surface area (TPSA) is 138 Å². The zero-order valence-corrected chi connectivity index (χ0v) is 15.7. The highest BCUT2D eigenvalue weighted by Crippen LogP contribution is 2.19. The van der Waals surface area contributed by atoms with Crippen LogP contribution in [0, 0.1) is 0 Å². The number of rotatable bonds is 6. The number of nitrogens with zero attached hydrogens (tertiary/aromatic N) is 2. The molecular formula is C20H18N6O4. The number of carbonyl (C=O) groups is 3. The fraction of sp³-hybridized carbons (Fsp3) is 0.150. The average molecular weight is 406 g/mol. The number of hydrogen-bond donors (Lipinski definition) is 4. The van der Waals surface area contributed by atoms with Gasteiger partial charge >= 0.3 is 0 Å². The van der Waals surface area contributed by atoms with E-state index in [1.165, 1.54) is 0 Å². The molecule has 0 bridgehead atoms. The number of fused-ring (bicyclic) bond motifs is 1. The van der Waals surface area contributed by atoms with E-state index < -0.39 is 23.8 Å². The van der Waals surface area contributed by atoms with E-state index in [1.807, 2.05) is 30.3 Å². The number of benzene rings is 2. The van der Waals surface area contributed by atoms with Crippen molar-refractivity contribution >= 4 is 29.4 Å². The van der Waals surface area contributed by atoms with Crippen LogP contribution in [0.15, 0.2) is 54.6 Å². The smallest absolute Gasteiger partial charge is 0.254 e. The summed E-state index contributed by atoms with van der Waals surface area (Å²) in [7, 11) is 0. The number of ether oxygens (including phenoxy) is 1. The molecule has 0 spiro atoms. The highest BCUT2D eigenvalue weighted by molar-refractivity contribution is 6.11. The predicted molar refractivity (Wildman–Crippen MR) is 107 cm³/mol. The lowest BCUT2D eigenvalue weighted by Gasteiger charge is -2.13. The fourth-order valence-electron chi connectivity index (χ4n) is 2.90.